The molecule has 0 saturated heterocycles. The summed E-state index contributed by atoms with van der Waals surface area (Å²) in [5, 5.41) is 19.6. The van der Waals surface area contributed by atoms with Gasteiger partial charge in [-0.1, -0.05) is 36.8 Å². The Balaban J connectivity index is 0.00000256. The number of rotatable bonds is 6. The van der Waals surface area contributed by atoms with Gasteiger partial charge in [-0.05, 0) is 111 Å². The second-order valence-corrected chi connectivity index (χ2v) is 7.44. The van der Waals surface area contributed by atoms with Crippen molar-refractivity contribution in [3.05, 3.63) is 128 Å². The van der Waals surface area contributed by atoms with E-state index in [0.717, 1.165) is 23.1 Å². The van der Waals surface area contributed by atoms with Gasteiger partial charge in [0.15, 0.2) is 0 Å². The fourth-order valence-electron chi connectivity index (χ4n) is 3.85. The van der Waals surface area contributed by atoms with Crippen LogP contribution in [-0.4, -0.2) is 10.2 Å². The Kier molecular flexibility index (Phi) is 8.08. The van der Waals surface area contributed by atoms with Gasteiger partial charge in [-0.25, -0.2) is 0 Å². The molecule has 10 radical (unpaired) electrons. The molecule has 30 heavy (non-hydrogen) atoms. The van der Waals surface area contributed by atoms with Crippen molar-refractivity contribution in [2.45, 2.75) is 13.3 Å². The number of benzene rings is 2. The van der Waals surface area contributed by atoms with Crippen LogP contribution in [0.25, 0.3) is 5.57 Å². The molecule has 0 aliphatic heterocycles. The van der Waals surface area contributed by atoms with Crippen LogP contribution in [0.2, 0.25) is 0 Å². The first-order chi connectivity index (χ1) is 14.1. The van der Waals surface area contributed by atoms with Gasteiger partial charge in [0.05, 0.1) is 0 Å². The molecule has 3 heteroatoms. The van der Waals surface area contributed by atoms with Crippen LogP contribution in [0.1, 0.15) is 24.5 Å². The molecule has 2 aliphatic rings. The van der Waals surface area contributed by atoms with Gasteiger partial charge in [-0.3, -0.25) is 0 Å². The standard InChI is InChI=1S/C27H24O2.Fe/c1-19(20-6-2-3-7-20)18-26(21-8-4-5-9-21)27(22-10-14-24(28)15-11-22)23-12-16-25(29)17-13-23;/h2-17,19,28-29H,18H2,1H3;/q;+2. The van der Waals surface area contributed by atoms with Crippen molar-refractivity contribution in [3.8, 4) is 11.5 Å². The molecule has 0 amide bonds. The maximum atomic E-state index is 9.79. The number of allylic oxidation sites excluding steroid dienone is 1. The molecule has 2 aromatic rings. The minimum Gasteiger partial charge on any atom is -0.508 e. The summed E-state index contributed by atoms with van der Waals surface area (Å²) in [6, 6.07) is 14.7. The second kappa shape index (κ2) is 10.6. The van der Waals surface area contributed by atoms with Crippen LogP contribution in [0.5, 0.6) is 11.5 Å². The van der Waals surface area contributed by atoms with Crippen molar-refractivity contribution in [1.82, 2.24) is 0 Å². The predicted octanol–water partition coefficient (Wildman–Crippen LogP) is 5.73. The van der Waals surface area contributed by atoms with Crippen molar-refractivity contribution in [2.24, 2.45) is 5.92 Å². The van der Waals surface area contributed by atoms with Crippen LogP contribution >= 0.6 is 0 Å². The van der Waals surface area contributed by atoms with Gasteiger partial charge < -0.3 is 10.2 Å². The monoisotopic (exact) mass is 436 g/mol. The Labute approximate surface area is 191 Å². The van der Waals surface area contributed by atoms with Gasteiger partial charge in [0.1, 0.15) is 11.5 Å². The third-order valence-electron chi connectivity index (χ3n) is 5.39. The molecule has 2 nitrogen and oxygen atoms in total. The summed E-state index contributed by atoms with van der Waals surface area (Å²) < 4.78 is 0. The van der Waals surface area contributed by atoms with E-state index >= 15 is 0 Å². The minimum absolute atomic E-state index is 0. The van der Waals surface area contributed by atoms with E-state index in [1.165, 1.54) is 17.4 Å². The molecule has 1 atom stereocenters. The topological polar surface area (TPSA) is 40.5 Å². The van der Waals surface area contributed by atoms with Crippen LogP contribution in [-0.2, 0) is 17.1 Å². The third kappa shape index (κ3) is 5.31. The largest absolute Gasteiger partial charge is 2.00 e. The van der Waals surface area contributed by atoms with Gasteiger partial charge in [0.2, 0.25) is 0 Å². The van der Waals surface area contributed by atoms with Crippen LogP contribution < -0.4 is 0 Å². The number of hydrogen-bond donors (Lipinski definition) is 2. The summed E-state index contributed by atoms with van der Waals surface area (Å²) in [6.45, 7) is 2.25. The fourth-order valence-corrected chi connectivity index (χ4v) is 3.85. The summed E-state index contributed by atoms with van der Waals surface area (Å²) >= 11 is 0. The quantitative estimate of drug-likeness (QED) is 0.568. The maximum Gasteiger partial charge on any atom is 2.00 e. The van der Waals surface area contributed by atoms with Crippen molar-refractivity contribution >= 4 is 5.57 Å². The first kappa shape index (κ1) is 23.0. The molecule has 0 aromatic heterocycles. The molecule has 4 rings (SSSR count). The molecule has 0 spiro atoms. The SMILES string of the molecule is CC(CC([C]1[CH][CH][CH][CH]1)=C(c1ccc(O)cc1)c1ccc(O)cc1)[C]1[CH][CH][CH][CH]1.[Fe+2]. The Morgan fingerprint density at radius 2 is 1.13 bits per heavy atom. The summed E-state index contributed by atoms with van der Waals surface area (Å²) in [5.74, 6) is 3.38. The van der Waals surface area contributed by atoms with E-state index in [-0.39, 0.29) is 28.6 Å². The number of hydrogen-bond acceptors (Lipinski definition) is 2. The Hall–Kier alpha value is -1.70. The van der Waals surface area contributed by atoms with E-state index in [9.17, 15) is 10.2 Å². The van der Waals surface area contributed by atoms with E-state index in [2.05, 4.69) is 58.3 Å². The van der Waals surface area contributed by atoms with Crippen LogP contribution in [0, 0.1) is 69.1 Å². The fraction of sp³-hybridized carbons (Fsp3) is 0.111. The molecular formula is C27H24FeO2+2. The first-order valence-corrected chi connectivity index (χ1v) is 9.87. The van der Waals surface area contributed by atoms with E-state index < -0.39 is 0 Å². The van der Waals surface area contributed by atoms with E-state index in [4.69, 9.17) is 0 Å². The van der Waals surface area contributed by atoms with E-state index in [1.54, 1.807) is 24.3 Å². The molecule has 150 valence electrons. The molecule has 1 unspecified atom stereocenters. The minimum atomic E-state index is 0. The van der Waals surface area contributed by atoms with Gasteiger partial charge in [0.25, 0.3) is 0 Å². The number of phenolic OH excluding ortho intramolecular Hbond substituents is 2. The summed E-state index contributed by atoms with van der Waals surface area (Å²) in [7, 11) is 0. The van der Waals surface area contributed by atoms with Crippen LogP contribution in [0.15, 0.2) is 54.1 Å². The zero-order valence-electron chi connectivity index (χ0n) is 16.8. The second-order valence-electron chi connectivity index (χ2n) is 7.44. The van der Waals surface area contributed by atoms with Crippen molar-refractivity contribution in [2.75, 3.05) is 0 Å². The predicted molar refractivity (Wildman–Crippen MR) is 117 cm³/mol. The molecule has 2 saturated carbocycles. The van der Waals surface area contributed by atoms with E-state index in [1.807, 2.05) is 24.3 Å². The average molecular weight is 436 g/mol. The smallest absolute Gasteiger partial charge is 0.508 e. The molecule has 2 fully saturated rings. The Morgan fingerprint density at radius 3 is 1.60 bits per heavy atom. The number of aromatic hydroxyl groups is 2. The zero-order valence-corrected chi connectivity index (χ0v) is 17.9. The molecular weight excluding hydrogens is 412 g/mol. The number of phenols is 2. The molecule has 0 heterocycles. The normalized spacial score (nSPS) is 18.2. The zero-order chi connectivity index (χ0) is 20.2. The van der Waals surface area contributed by atoms with Gasteiger partial charge in [-0.2, -0.15) is 0 Å². The Bertz CT molecular complexity index is 779. The molecule has 2 aliphatic carbocycles. The van der Waals surface area contributed by atoms with E-state index in [0.29, 0.717) is 5.92 Å². The average Bonchev–Trinajstić information content (AvgIpc) is 3.44. The summed E-state index contributed by atoms with van der Waals surface area (Å²) in [4.78, 5) is 0. The maximum absolute atomic E-state index is 9.79. The first-order valence-electron chi connectivity index (χ1n) is 9.87. The van der Waals surface area contributed by atoms with Crippen molar-refractivity contribution < 1.29 is 27.3 Å². The molecule has 2 aromatic carbocycles. The van der Waals surface area contributed by atoms with Crippen molar-refractivity contribution in [1.29, 1.82) is 0 Å². The Morgan fingerprint density at radius 1 is 0.700 bits per heavy atom. The third-order valence-corrected chi connectivity index (χ3v) is 5.39. The molecule has 0 bridgehead atoms. The summed E-state index contributed by atoms with van der Waals surface area (Å²) in [5.41, 5.74) is 4.45. The summed E-state index contributed by atoms with van der Waals surface area (Å²) in [6.07, 6.45) is 17.8. The van der Waals surface area contributed by atoms with Gasteiger partial charge in [0, 0.05) is 5.92 Å². The van der Waals surface area contributed by atoms with Gasteiger partial charge >= 0.3 is 17.1 Å². The van der Waals surface area contributed by atoms with Crippen LogP contribution in [0.4, 0.5) is 0 Å². The molecule has 2 N–H and O–H groups in total. The van der Waals surface area contributed by atoms with Crippen LogP contribution in [0.3, 0.4) is 0 Å². The van der Waals surface area contributed by atoms with Crippen molar-refractivity contribution in [3.63, 3.8) is 0 Å². The van der Waals surface area contributed by atoms with Gasteiger partial charge in [-0.15, -0.1) is 0 Å².